The Kier molecular flexibility index (Phi) is 7.32. The van der Waals surface area contributed by atoms with E-state index in [-0.39, 0.29) is 0 Å². The number of benzene rings is 1. The van der Waals surface area contributed by atoms with E-state index in [1.54, 1.807) is 24.3 Å². The van der Waals surface area contributed by atoms with Crippen LogP contribution in [-0.4, -0.2) is 52.6 Å². The van der Waals surface area contributed by atoms with E-state index in [1.807, 2.05) is 17.7 Å². The molecule has 0 saturated heterocycles. The van der Waals surface area contributed by atoms with Crippen molar-refractivity contribution in [3.63, 3.8) is 0 Å². The van der Waals surface area contributed by atoms with Crippen LogP contribution in [0.25, 0.3) is 5.69 Å². The number of aromatic nitrogens is 3. The number of fused-ring (bicyclic) bond motifs is 1. The highest BCUT2D eigenvalue weighted by Gasteiger charge is 2.27. The van der Waals surface area contributed by atoms with Gasteiger partial charge in [0.05, 0.1) is 18.2 Å². The number of hydrogen-bond donors (Lipinski definition) is 1. The molecule has 4 rings (SSSR count). The number of thiophene rings is 1. The lowest BCUT2D eigenvalue weighted by atomic mass is 9.95. The highest BCUT2D eigenvalue weighted by Crippen LogP contribution is 2.38. The first kappa shape index (κ1) is 24.0. The summed E-state index contributed by atoms with van der Waals surface area (Å²) in [5.74, 6) is -0.873. The minimum atomic E-state index is -0.620. The number of anilines is 1. The molecule has 0 fully saturated rings. The number of aryl methyl sites for hydroxylation is 2. The fraction of sp³-hybridized carbons (Fsp3) is 0.348. The second-order valence-electron chi connectivity index (χ2n) is 7.65. The maximum Gasteiger partial charge on any atom is 0.341 e. The molecule has 34 heavy (non-hydrogen) atoms. The Bertz CT molecular complexity index is 1230. The van der Waals surface area contributed by atoms with Gasteiger partial charge in [-0.2, -0.15) is 0 Å². The maximum atomic E-state index is 12.5. The lowest BCUT2D eigenvalue weighted by Gasteiger charge is -2.12. The van der Waals surface area contributed by atoms with E-state index in [0.29, 0.717) is 16.1 Å². The zero-order valence-electron chi connectivity index (χ0n) is 19.0. The minimum absolute atomic E-state index is 0.315. The first-order chi connectivity index (χ1) is 16.4. The van der Waals surface area contributed by atoms with Crippen LogP contribution >= 0.6 is 23.1 Å². The predicted octanol–water partition coefficient (Wildman–Crippen LogP) is 3.82. The number of esters is 2. The lowest BCUT2D eigenvalue weighted by Crippen LogP contribution is -2.21. The van der Waals surface area contributed by atoms with E-state index in [1.165, 1.54) is 30.2 Å². The summed E-state index contributed by atoms with van der Waals surface area (Å²) in [6.07, 6.45) is 5.61. The van der Waals surface area contributed by atoms with Gasteiger partial charge < -0.3 is 14.8 Å². The largest absolute Gasteiger partial charge is 0.465 e. The normalized spacial score (nSPS) is 12.7. The summed E-state index contributed by atoms with van der Waals surface area (Å²) in [4.78, 5) is 38.3. The molecule has 1 aliphatic carbocycles. The van der Waals surface area contributed by atoms with Crippen molar-refractivity contribution in [3.05, 3.63) is 51.7 Å². The van der Waals surface area contributed by atoms with Gasteiger partial charge in [-0.3, -0.25) is 9.36 Å². The van der Waals surface area contributed by atoms with Gasteiger partial charge in [0.25, 0.3) is 5.91 Å². The van der Waals surface area contributed by atoms with Crippen molar-refractivity contribution in [2.45, 2.75) is 37.8 Å². The molecular formula is C23H24N4O5S2. The zero-order chi connectivity index (χ0) is 24.2. The predicted molar refractivity (Wildman–Crippen MR) is 129 cm³/mol. The number of methoxy groups -OCH3 is 1. The third-order valence-corrected chi connectivity index (χ3v) is 7.32. The van der Waals surface area contributed by atoms with Gasteiger partial charge in [0.15, 0.2) is 11.8 Å². The molecule has 1 aliphatic rings. The van der Waals surface area contributed by atoms with E-state index in [0.717, 1.165) is 52.8 Å². The molecule has 2 aromatic heterocycles. The molecule has 9 nitrogen and oxygen atoms in total. The van der Waals surface area contributed by atoms with Crippen LogP contribution in [0.5, 0.6) is 0 Å². The molecular weight excluding hydrogens is 476 g/mol. The van der Waals surface area contributed by atoms with Gasteiger partial charge >= 0.3 is 11.9 Å². The van der Waals surface area contributed by atoms with Crippen LogP contribution in [0.1, 0.15) is 49.8 Å². The summed E-state index contributed by atoms with van der Waals surface area (Å²) in [5, 5.41) is 12.1. The SMILES string of the molecule is COC(=O)c1c(NC(=O)COC(=O)c2ccc(-n3c(C)nnc3SC)cc2)sc2c1CCCC2. The van der Waals surface area contributed by atoms with E-state index < -0.39 is 24.5 Å². The van der Waals surface area contributed by atoms with Gasteiger partial charge in [0, 0.05) is 10.6 Å². The molecule has 0 radical (unpaired) electrons. The number of rotatable bonds is 7. The summed E-state index contributed by atoms with van der Waals surface area (Å²) in [6, 6.07) is 6.79. The highest BCUT2D eigenvalue weighted by molar-refractivity contribution is 7.98. The van der Waals surface area contributed by atoms with Crippen LogP contribution in [0.3, 0.4) is 0 Å². The Morgan fingerprint density at radius 3 is 2.56 bits per heavy atom. The zero-order valence-corrected chi connectivity index (χ0v) is 20.7. The average molecular weight is 501 g/mol. The molecule has 0 atom stereocenters. The number of thioether (sulfide) groups is 1. The Morgan fingerprint density at radius 1 is 1.12 bits per heavy atom. The van der Waals surface area contributed by atoms with Crippen LogP contribution in [-0.2, 0) is 27.1 Å². The van der Waals surface area contributed by atoms with Crippen molar-refractivity contribution in [1.29, 1.82) is 0 Å². The summed E-state index contributed by atoms with van der Waals surface area (Å²) in [7, 11) is 1.32. The molecule has 0 bridgehead atoms. The van der Waals surface area contributed by atoms with Crippen molar-refractivity contribution in [3.8, 4) is 5.69 Å². The molecule has 0 aliphatic heterocycles. The number of nitrogens with zero attached hydrogens (tertiary/aromatic N) is 3. The molecule has 3 aromatic rings. The minimum Gasteiger partial charge on any atom is -0.465 e. The maximum absolute atomic E-state index is 12.5. The van der Waals surface area contributed by atoms with Crippen LogP contribution < -0.4 is 5.32 Å². The van der Waals surface area contributed by atoms with Gasteiger partial charge in [-0.25, -0.2) is 9.59 Å². The molecule has 1 aromatic carbocycles. The summed E-state index contributed by atoms with van der Waals surface area (Å²) in [6.45, 7) is 1.38. The van der Waals surface area contributed by atoms with Gasteiger partial charge in [-0.15, -0.1) is 21.5 Å². The molecule has 1 amide bonds. The second kappa shape index (κ2) is 10.4. The molecule has 0 spiro atoms. The fourth-order valence-electron chi connectivity index (χ4n) is 3.87. The Labute approximate surface area is 204 Å². The van der Waals surface area contributed by atoms with Crippen molar-refractivity contribution in [1.82, 2.24) is 14.8 Å². The van der Waals surface area contributed by atoms with Gasteiger partial charge in [0.1, 0.15) is 10.8 Å². The van der Waals surface area contributed by atoms with Crippen molar-refractivity contribution >= 4 is 45.9 Å². The highest BCUT2D eigenvalue weighted by atomic mass is 32.2. The first-order valence-corrected chi connectivity index (χ1v) is 12.7. The van der Waals surface area contributed by atoms with Crippen LogP contribution in [0.2, 0.25) is 0 Å². The molecule has 0 saturated carbocycles. The monoisotopic (exact) mass is 500 g/mol. The van der Waals surface area contributed by atoms with Crippen molar-refractivity contribution < 1.29 is 23.9 Å². The number of hydrogen-bond acceptors (Lipinski definition) is 9. The Morgan fingerprint density at radius 2 is 1.85 bits per heavy atom. The Balaban J connectivity index is 1.40. The van der Waals surface area contributed by atoms with Crippen LogP contribution in [0.15, 0.2) is 29.4 Å². The second-order valence-corrected chi connectivity index (χ2v) is 9.53. The van der Waals surface area contributed by atoms with Crippen molar-refractivity contribution in [2.75, 3.05) is 25.3 Å². The first-order valence-electron chi connectivity index (χ1n) is 10.7. The number of ether oxygens (including phenoxy) is 2. The number of carbonyl (C=O) groups is 3. The molecule has 11 heteroatoms. The summed E-state index contributed by atoms with van der Waals surface area (Å²) in [5.41, 5.74) is 2.49. The average Bonchev–Trinajstić information content (AvgIpc) is 3.41. The molecule has 0 unspecified atom stereocenters. The lowest BCUT2D eigenvalue weighted by molar-refractivity contribution is -0.119. The van der Waals surface area contributed by atoms with Crippen LogP contribution in [0.4, 0.5) is 5.00 Å². The Hall–Kier alpha value is -3.18. The van der Waals surface area contributed by atoms with Gasteiger partial charge in [-0.05, 0) is 68.7 Å². The van der Waals surface area contributed by atoms with Gasteiger partial charge in [-0.1, -0.05) is 11.8 Å². The number of carbonyl (C=O) groups excluding carboxylic acids is 3. The van der Waals surface area contributed by atoms with E-state index in [2.05, 4.69) is 15.5 Å². The standard InChI is InChI=1S/C23H24N4O5S2/c1-13-25-26-23(33-3)27(13)15-10-8-14(9-11-15)21(29)32-12-18(28)24-20-19(22(30)31-2)16-6-4-5-7-17(16)34-20/h8-11H,4-7,12H2,1-3H3,(H,24,28). The van der Waals surface area contributed by atoms with Crippen molar-refractivity contribution in [2.24, 2.45) is 0 Å². The van der Waals surface area contributed by atoms with Crippen LogP contribution in [0, 0.1) is 6.92 Å². The molecule has 178 valence electrons. The molecule has 1 N–H and O–H groups in total. The smallest absolute Gasteiger partial charge is 0.341 e. The van der Waals surface area contributed by atoms with E-state index in [9.17, 15) is 14.4 Å². The fourth-order valence-corrected chi connectivity index (χ4v) is 5.70. The van der Waals surface area contributed by atoms with Gasteiger partial charge in [0.2, 0.25) is 0 Å². The summed E-state index contributed by atoms with van der Waals surface area (Å²) < 4.78 is 12.0. The third-order valence-electron chi connectivity index (χ3n) is 5.49. The molecule has 2 heterocycles. The number of amides is 1. The third kappa shape index (κ3) is 4.85. The quantitative estimate of drug-likeness (QED) is 0.385. The topological polar surface area (TPSA) is 112 Å². The summed E-state index contributed by atoms with van der Waals surface area (Å²) >= 11 is 2.85. The van der Waals surface area contributed by atoms with E-state index >= 15 is 0 Å². The number of nitrogens with one attached hydrogen (secondary N) is 1. The van der Waals surface area contributed by atoms with E-state index in [4.69, 9.17) is 9.47 Å².